The molecule has 5 heteroatoms. The lowest BCUT2D eigenvalue weighted by Gasteiger charge is -2.46. The smallest absolute Gasteiger partial charge is 0.124 e. The highest BCUT2D eigenvalue weighted by molar-refractivity contribution is 6.03. The summed E-state index contributed by atoms with van der Waals surface area (Å²) in [6.07, 6.45) is 2.68. The van der Waals surface area contributed by atoms with E-state index in [2.05, 4.69) is 36.2 Å². The van der Waals surface area contributed by atoms with Crippen LogP contribution >= 0.6 is 0 Å². The average molecular weight is 394 g/mol. The second-order valence-corrected chi connectivity index (χ2v) is 8.41. The molecule has 0 bridgehead atoms. The number of piperidine rings is 1. The van der Waals surface area contributed by atoms with Crippen molar-refractivity contribution in [2.45, 2.75) is 50.9 Å². The SMILES string of the molecule is COc1ccc(C2CC(c3ccccc3O)=NC3(CCN(C(C)C)CC3)N2)cc1. The highest BCUT2D eigenvalue weighted by Crippen LogP contribution is 2.37. The third-order valence-corrected chi connectivity index (χ3v) is 6.28. The van der Waals surface area contributed by atoms with Gasteiger partial charge < -0.3 is 14.7 Å². The zero-order chi connectivity index (χ0) is 20.4. The molecule has 2 aliphatic heterocycles. The quantitative estimate of drug-likeness (QED) is 0.820. The first kappa shape index (κ1) is 19.9. The molecule has 1 saturated heterocycles. The fraction of sp³-hybridized carbons (Fsp3) is 0.458. The summed E-state index contributed by atoms with van der Waals surface area (Å²) in [6, 6.07) is 16.5. The molecule has 154 valence electrons. The lowest BCUT2D eigenvalue weighted by atomic mass is 9.87. The van der Waals surface area contributed by atoms with E-state index in [-0.39, 0.29) is 11.7 Å². The number of ether oxygens (including phenoxy) is 1. The van der Waals surface area contributed by atoms with Crippen molar-refractivity contribution in [3.8, 4) is 11.5 Å². The average Bonchev–Trinajstić information content (AvgIpc) is 2.74. The first-order valence-corrected chi connectivity index (χ1v) is 10.5. The molecule has 2 aromatic carbocycles. The number of likely N-dealkylation sites (tertiary alicyclic amines) is 1. The van der Waals surface area contributed by atoms with Crippen molar-refractivity contribution in [2.24, 2.45) is 4.99 Å². The molecule has 1 fully saturated rings. The molecule has 2 aliphatic rings. The predicted octanol–water partition coefficient (Wildman–Crippen LogP) is 4.13. The van der Waals surface area contributed by atoms with Gasteiger partial charge in [-0.3, -0.25) is 10.3 Å². The second kappa shape index (κ2) is 8.17. The third-order valence-electron chi connectivity index (χ3n) is 6.28. The summed E-state index contributed by atoms with van der Waals surface area (Å²) in [5.74, 6) is 1.16. The highest BCUT2D eigenvalue weighted by atomic mass is 16.5. The van der Waals surface area contributed by atoms with Gasteiger partial charge in [0.15, 0.2) is 0 Å². The largest absolute Gasteiger partial charge is 0.507 e. The van der Waals surface area contributed by atoms with E-state index < -0.39 is 0 Å². The van der Waals surface area contributed by atoms with E-state index in [0.29, 0.717) is 11.8 Å². The van der Waals surface area contributed by atoms with Crippen LogP contribution in [0.3, 0.4) is 0 Å². The van der Waals surface area contributed by atoms with Gasteiger partial charge in [0.25, 0.3) is 0 Å². The number of nitrogens with one attached hydrogen (secondary N) is 1. The van der Waals surface area contributed by atoms with E-state index in [9.17, 15) is 5.11 Å². The number of phenolic OH excluding ortho intramolecular Hbond substituents is 1. The summed E-state index contributed by atoms with van der Waals surface area (Å²) in [6.45, 7) is 6.56. The zero-order valence-electron chi connectivity index (χ0n) is 17.6. The standard InChI is InChI=1S/C24H31N3O2/c1-17(2)27-14-12-24(13-15-27)25-21(18-8-10-19(29-3)11-9-18)16-22(26-24)20-6-4-5-7-23(20)28/h4-11,17,21,25,28H,12-16H2,1-3H3. The molecule has 29 heavy (non-hydrogen) atoms. The molecule has 2 N–H and O–H groups in total. The van der Waals surface area contributed by atoms with Gasteiger partial charge in [0.05, 0.1) is 7.11 Å². The predicted molar refractivity (Wildman–Crippen MR) is 117 cm³/mol. The summed E-state index contributed by atoms with van der Waals surface area (Å²) in [7, 11) is 1.69. The summed E-state index contributed by atoms with van der Waals surface area (Å²) in [4.78, 5) is 7.71. The molecule has 0 saturated carbocycles. The Bertz CT molecular complexity index is 868. The Hall–Kier alpha value is -2.37. The van der Waals surface area contributed by atoms with Gasteiger partial charge in [-0.2, -0.15) is 0 Å². The monoisotopic (exact) mass is 393 g/mol. The van der Waals surface area contributed by atoms with Crippen LogP contribution in [-0.2, 0) is 0 Å². The van der Waals surface area contributed by atoms with E-state index in [0.717, 1.165) is 49.4 Å². The number of hydrogen-bond donors (Lipinski definition) is 2. The Morgan fingerprint density at radius 1 is 1.10 bits per heavy atom. The van der Waals surface area contributed by atoms with Crippen LogP contribution in [0.15, 0.2) is 53.5 Å². The Kier molecular flexibility index (Phi) is 5.61. The molecule has 1 unspecified atom stereocenters. The molecule has 2 heterocycles. The number of rotatable bonds is 4. The molecule has 0 amide bonds. The molecule has 0 aliphatic carbocycles. The molecule has 5 nitrogen and oxygen atoms in total. The molecular formula is C24H31N3O2. The minimum atomic E-state index is -0.286. The van der Waals surface area contributed by atoms with Crippen LogP contribution < -0.4 is 10.1 Å². The summed E-state index contributed by atoms with van der Waals surface area (Å²) >= 11 is 0. The van der Waals surface area contributed by atoms with Gasteiger partial charge in [0, 0.05) is 42.9 Å². The van der Waals surface area contributed by atoms with Crippen molar-refractivity contribution >= 4 is 5.71 Å². The maximum atomic E-state index is 10.5. The number of hydrogen-bond acceptors (Lipinski definition) is 5. The van der Waals surface area contributed by atoms with Crippen LogP contribution in [-0.4, -0.2) is 47.6 Å². The maximum Gasteiger partial charge on any atom is 0.124 e. The lowest BCUT2D eigenvalue weighted by Crippen LogP contribution is -2.56. The molecule has 0 radical (unpaired) electrons. The van der Waals surface area contributed by atoms with Gasteiger partial charge in [0.1, 0.15) is 17.2 Å². The van der Waals surface area contributed by atoms with Crippen molar-refractivity contribution in [2.75, 3.05) is 20.2 Å². The van der Waals surface area contributed by atoms with Crippen LogP contribution in [0.5, 0.6) is 11.5 Å². The van der Waals surface area contributed by atoms with Crippen molar-refractivity contribution in [1.29, 1.82) is 0 Å². The first-order chi connectivity index (χ1) is 14.0. The van der Waals surface area contributed by atoms with Gasteiger partial charge in [0.2, 0.25) is 0 Å². The summed E-state index contributed by atoms with van der Waals surface area (Å²) in [5.41, 5.74) is 2.77. The van der Waals surface area contributed by atoms with Gasteiger partial charge in [-0.05, 0) is 56.5 Å². The first-order valence-electron chi connectivity index (χ1n) is 10.5. The number of benzene rings is 2. The Morgan fingerprint density at radius 3 is 2.41 bits per heavy atom. The van der Waals surface area contributed by atoms with Crippen molar-refractivity contribution in [3.05, 3.63) is 59.7 Å². The Balaban J connectivity index is 1.68. The molecule has 1 spiro atoms. The topological polar surface area (TPSA) is 57.1 Å². The van der Waals surface area contributed by atoms with Gasteiger partial charge >= 0.3 is 0 Å². The van der Waals surface area contributed by atoms with E-state index >= 15 is 0 Å². The fourth-order valence-corrected chi connectivity index (χ4v) is 4.50. The van der Waals surface area contributed by atoms with Gasteiger partial charge in [-0.25, -0.2) is 0 Å². The van der Waals surface area contributed by atoms with Crippen molar-refractivity contribution in [3.63, 3.8) is 0 Å². The maximum absolute atomic E-state index is 10.5. The van der Waals surface area contributed by atoms with Crippen LogP contribution in [0.2, 0.25) is 0 Å². The summed E-state index contributed by atoms with van der Waals surface area (Å²) < 4.78 is 5.32. The molecule has 4 rings (SSSR count). The second-order valence-electron chi connectivity index (χ2n) is 8.41. The third kappa shape index (κ3) is 4.16. The number of aromatic hydroxyl groups is 1. The van der Waals surface area contributed by atoms with E-state index in [1.165, 1.54) is 5.56 Å². The molecule has 2 aromatic rings. The fourth-order valence-electron chi connectivity index (χ4n) is 4.50. The number of methoxy groups -OCH3 is 1. The lowest BCUT2D eigenvalue weighted by molar-refractivity contribution is 0.103. The Labute approximate surface area is 173 Å². The number of aliphatic imine (C=N–C) groups is 1. The highest BCUT2D eigenvalue weighted by Gasteiger charge is 2.40. The number of phenols is 1. The molecular weight excluding hydrogens is 362 g/mol. The van der Waals surface area contributed by atoms with Gasteiger partial charge in [-0.1, -0.05) is 24.3 Å². The Morgan fingerprint density at radius 2 is 1.79 bits per heavy atom. The van der Waals surface area contributed by atoms with Crippen LogP contribution in [0.1, 0.15) is 50.3 Å². The minimum Gasteiger partial charge on any atom is -0.507 e. The summed E-state index contributed by atoms with van der Waals surface area (Å²) in [5, 5.41) is 14.3. The van der Waals surface area contributed by atoms with Crippen LogP contribution in [0.4, 0.5) is 0 Å². The number of nitrogens with zero attached hydrogens (tertiary/aromatic N) is 2. The van der Waals surface area contributed by atoms with Crippen molar-refractivity contribution < 1.29 is 9.84 Å². The number of para-hydroxylation sites is 1. The van der Waals surface area contributed by atoms with E-state index in [1.54, 1.807) is 13.2 Å². The van der Waals surface area contributed by atoms with Crippen LogP contribution in [0, 0.1) is 0 Å². The van der Waals surface area contributed by atoms with Gasteiger partial charge in [-0.15, -0.1) is 0 Å². The van der Waals surface area contributed by atoms with E-state index in [1.807, 2.05) is 30.3 Å². The van der Waals surface area contributed by atoms with Crippen molar-refractivity contribution in [1.82, 2.24) is 10.2 Å². The molecule has 0 aromatic heterocycles. The van der Waals surface area contributed by atoms with E-state index in [4.69, 9.17) is 9.73 Å². The minimum absolute atomic E-state index is 0.151. The zero-order valence-corrected chi connectivity index (χ0v) is 17.6. The molecule has 1 atom stereocenters. The van der Waals surface area contributed by atoms with Crippen LogP contribution in [0.25, 0.3) is 0 Å². The normalized spacial score (nSPS) is 21.9.